The van der Waals surface area contributed by atoms with Crippen molar-refractivity contribution in [2.45, 2.75) is 12.8 Å². The number of benzene rings is 2. The number of fused-ring (bicyclic) bond motifs is 1. The van der Waals surface area contributed by atoms with Gasteiger partial charge in [0.2, 0.25) is 0 Å². The Labute approximate surface area is 180 Å². The van der Waals surface area contributed by atoms with E-state index in [9.17, 15) is 4.79 Å². The molecule has 1 aliphatic rings. The lowest BCUT2D eigenvalue weighted by atomic mass is 10.1. The summed E-state index contributed by atoms with van der Waals surface area (Å²) in [4.78, 5) is 22.8. The second-order valence-corrected chi connectivity index (χ2v) is 8.45. The SMILES string of the molecule is CN(OCC1CC1)C(=O)c1cc2c(ncn2C)c(F)c1Nc1ccc(Br)cc1Cl. The van der Waals surface area contributed by atoms with Crippen LogP contribution in [0.1, 0.15) is 23.2 Å². The smallest absolute Gasteiger partial charge is 0.279 e. The molecular weight excluding hydrogens is 463 g/mol. The third-order valence-corrected chi connectivity index (χ3v) is 5.67. The number of nitrogens with one attached hydrogen (secondary N) is 1. The molecule has 0 radical (unpaired) electrons. The number of hydroxylamine groups is 2. The van der Waals surface area contributed by atoms with Gasteiger partial charge < -0.3 is 9.88 Å². The van der Waals surface area contributed by atoms with Crippen molar-refractivity contribution in [3.63, 3.8) is 0 Å². The highest BCUT2D eigenvalue weighted by Crippen LogP contribution is 2.35. The van der Waals surface area contributed by atoms with Crippen molar-refractivity contribution in [3.8, 4) is 0 Å². The molecule has 1 fully saturated rings. The van der Waals surface area contributed by atoms with Gasteiger partial charge in [0.15, 0.2) is 5.82 Å². The first-order valence-corrected chi connectivity index (χ1v) is 10.3. The van der Waals surface area contributed by atoms with Crippen molar-refractivity contribution in [1.29, 1.82) is 0 Å². The maximum Gasteiger partial charge on any atom is 0.279 e. The van der Waals surface area contributed by atoms with E-state index in [2.05, 4.69) is 26.2 Å². The molecule has 1 amide bonds. The van der Waals surface area contributed by atoms with Crippen LogP contribution < -0.4 is 5.32 Å². The van der Waals surface area contributed by atoms with Crippen LogP contribution in [0.5, 0.6) is 0 Å². The van der Waals surface area contributed by atoms with Gasteiger partial charge in [-0.1, -0.05) is 27.5 Å². The number of anilines is 2. The number of carbonyl (C=O) groups is 1. The molecule has 0 unspecified atom stereocenters. The average molecular weight is 482 g/mol. The lowest BCUT2D eigenvalue weighted by Gasteiger charge is -2.20. The van der Waals surface area contributed by atoms with E-state index >= 15 is 4.39 Å². The highest BCUT2D eigenvalue weighted by Gasteiger charge is 2.27. The fourth-order valence-electron chi connectivity index (χ4n) is 2.97. The highest BCUT2D eigenvalue weighted by molar-refractivity contribution is 9.10. The van der Waals surface area contributed by atoms with E-state index in [0.29, 0.717) is 28.8 Å². The first-order valence-electron chi connectivity index (χ1n) is 9.11. The molecule has 0 saturated heterocycles. The molecule has 0 bridgehead atoms. The molecular formula is C20H19BrClFN4O2. The summed E-state index contributed by atoms with van der Waals surface area (Å²) in [6.07, 6.45) is 3.71. The van der Waals surface area contributed by atoms with Crippen molar-refractivity contribution < 1.29 is 14.0 Å². The minimum Gasteiger partial charge on any atom is -0.351 e. The number of nitrogens with zero attached hydrogens (tertiary/aromatic N) is 3. The van der Waals surface area contributed by atoms with Crippen LogP contribution in [0.4, 0.5) is 15.8 Å². The molecule has 6 nitrogen and oxygen atoms in total. The minimum atomic E-state index is -0.624. The molecule has 9 heteroatoms. The maximum atomic E-state index is 15.4. The van der Waals surface area contributed by atoms with Gasteiger partial charge in [-0.15, -0.1) is 0 Å². The summed E-state index contributed by atoms with van der Waals surface area (Å²) in [5, 5.41) is 4.51. The normalized spacial score (nSPS) is 13.7. The van der Waals surface area contributed by atoms with Crippen LogP contribution in [0.2, 0.25) is 5.02 Å². The minimum absolute atomic E-state index is 0.00675. The number of amides is 1. The van der Waals surface area contributed by atoms with Gasteiger partial charge in [0.25, 0.3) is 5.91 Å². The molecule has 29 heavy (non-hydrogen) atoms. The van der Waals surface area contributed by atoms with Crippen LogP contribution in [0, 0.1) is 11.7 Å². The molecule has 0 aliphatic heterocycles. The van der Waals surface area contributed by atoms with Gasteiger partial charge in [-0.3, -0.25) is 9.63 Å². The van der Waals surface area contributed by atoms with Crippen molar-refractivity contribution in [1.82, 2.24) is 14.6 Å². The second kappa shape index (κ2) is 7.93. The Bertz CT molecular complexity index is 1100. The van der Waals surface area contributed by atoms with Gasteiger partial charge in [-0.2, -0.15) is 0 Å². The van der Waals surface area contributed by atoms with E-state index in [-0.39, 0.29) is 16.8 Å². The van der Waals surface area contributed by atoms with Crippen LogP contribution >= 0.6 is 27.5 Å². The van der Waals surface area contributed by atoms with E-state index in [4.69, 9.17) is 16.4 Å². The monoisotopic (exact) mass is 480 g/mol. The third kappa shape index (κ3) is 4.10. The Balaban J connectivity index is 1.76. The first-order chi connectivity index (χ1) is 13.8. The Kier molecular flexibility index (Phi) is 5.50. The van der Waals surface area contributed by atoms with Gasteiger partial charge in [0.1, 0.15) is 5.52 Å². The van der Waals surface area contributed by atoms with E-state index in [0.717, 1.165) is 22.4 Å². The first kappa shape index (κ1) is 20.1. The molecule has 1 aliphatic carbocycles. The number of aromatic nitrogens is 2. The molecule has 1 saturated carbocycles. The molecule has 0 spiro atoms. The molecule has 1 aromatic heterocycles. The van der Waals surface area contributed by atoms with Crippen LogP contribution in [0.25, 0.3) is 11.0 Å². The van der Waals surface area contributed by atoms with Crippen molar-refractivity contribution in [3.05, 3.63) is 51.5 Å². The van der Waals surface area contributed by atoms with E-state index in [1.807, 2.05) is 0 Å². The molecule has 2 aromatic carbocycles. The molecule has 1 N–H and O–H groups in total. The molecule has 0 atom stereocenters. The van der Waals surface area contributed by atoms with E-state index in [1.54, 1.807) is 35.9 Å². The van der Waals surface area contributed by atoms with Crippen LogP contribution in [0.15, 0.2) is 35.1 Å². The van der Waals surface area contributed by atoms with Crippen LogP contribution in [-0.4, -0.2) is 34.2 Å². The lowest BCUT2D eigenvalue weighted by Crippen LogP contribution is -2.28. The van der Waals surface area contributed by atoms with Crippen molar-refractivity contribution in [2.24, 2.45) is 13.0 Å². The van der Waals surface area contributed by atoms with Crippen molar-refractivity contribution >= 4 is 55.8 Å². The van der Waals surface area contributed by atoms with Crippen LogP contribution in [-0.2, 0) is 11.9 Å². The predicted octanol–water partition coefficient (Wildman–Crippen LogP) is 5.29. The van der Waals surface area contributed by atoms with Gasteiger partial charge >= 0.3 is 0 Å². The number of carbonyl (C=O) groups excluding carboxylic acids is 1. The Hall–Kier alpha value is -2.16. The summed E-state index contributed by atoms with van der Waals surface area (Å²) in [5.41, 5.74) is 1.29. The van der Waals surface area contributed by atoms with Crippen molar-refractivity contribution in [2.75, 3.05) is 19.0 Å². The van der Waals surface area contributed by atoms with Gasteiger partial charge in [-0.25, -0.2) is 14.4 Å². The molecule has 1 heterocycles. The summed E-state index contributed by atoms with van der Waals surface area (Å²) in [7, 11) is 3.28. The number of rotatable bonds is 6. The molecule has 152 valence electrons. The fourth-order valence-corrected chi connectivity index (χ4v) is 3.69. The maximum absolute atomic E-state index is 15.4. The quantitative estimate of drug-likeness (QED) is 0.486. The average Bonchev–Trinajstić information content (AvgIpc) is 3.45. The number of halogens is 3. The lowest BCUT2D eigenvalue weighted by molar-refractivity contribution is -0.109. The Morgan fingerprint density at radius 1 is 1.45 bits per heavy atom. The van der Waals surface area contributed by atoms with Crippen LogP contribution in [0.3, 0.4) is 0 Å². The molecule has 3 aromatic rings. The zero-order valence-corrected chi connectivity index (χ0v) is 18.2. The largest absolute Gasteiger partial charge is 0.351 e. The summed E-state index contributed by atoms with van der Waals surface area (Å²) < 4.78 is 17.8. The second-order valence-electron chi connectivity index (χ2n) is 7.13. The molecule has 4 rings (SSSR count). The topological polar surface area (TPSA) is 59.4 Å². The van der Waals surface area contributed by atoms with E-state index in [1.165, 1.54) is 13.4 Å². The number of imidazole rings is 1. The van der Waals surface area contributed by atoms with Gasteiger partial charge in [0, 0.05) is 18.6 Å². The summed E-state index contributed by atoms with van der Waals surface area (Å²) in [6, 6.07) is 6.78. The highest BCUT2D eigenvalue weighted by atomic mass is 79.9. The predicted molar refractivity (Wildman–Crippen MR) is 114 cm³/mol. The van der Waals surface area contributed by atoms with Gasteiger partial charge in [0.05, 0.1) is 40.4 Å². The van der Waals surface area contributed by atoms with E-state index < -0.39 is 11.7 Å². The number of hydrogen-bond donors (Lipinski definition) is 1. The van der Waals surface area contributed by atoms with Gasteiger partial charge in [-0.05, 0) is 43.0 Å². The number of hydrogen-bond acceptors (Lipinski definition) is 4. The summed E-state index contributed by atoms with van der Waals surface area (Å²) in [5.74, 6) is -0.592. The summed E-state index contributed by atoms with van der Waals surface area (Å²) >= 11 is 9.63. The standard InChI is InChI=1S/C20H19BrClFN4O2/c1-26-10-24-19-16(26)8-13(20(28)27(2)29-9-11-3-4-11)18(17(19)23)25-15-6-5-12(21)7-14(15)22/h5-8,10-11,25H,3-4,9H2,1-2H3. The number of aryl methyl sites for hydroxylation is 1. The summed E-state index contributed by atoms with van der Waals surface area (Å²) in [6.45, 7) is 0.472. The zero-order valence-electron chi connectivity index (χ0n) is 15.9. The third-order valence-electron chi connectivity index (χ3n) is 4.87. The Morgan fingerprint density at radius 2 is 2.21 bits per heavy atom. The Morgan fingerprint density at radius 3 is 2.90 bits per heavy atom. The fraction of sp³-hybridized carbons (Fsp3) is 0.300. The zero-order chi connectivity index (χ0) is 20.7.